The zero-order chi connectivity index (χ0) is 12.4. The fourth-order valence-corrected chi connectivity index (χ4v) is 2.47. The molecule has 1 aliphatic heterocycles. The molecular weight excluding hydrogens is 224 g/mol. The molecule has 0 saturated carbocycles. The second-order valence-corrected chi connectivity index (χ2v) is 4.72. The van der Waals surface area contributed by atoms with Crippen LogP contribution in [0.2, 0.25) is 0 Å². The quantitative estimate of drug-likeness (QED) is 0.874. The van der Waals surface area contributed by atoms with Crippen molar-refractivity contribution in [3.05, 3.63) is 65.7 Å². The van der Waals surface area contributed by atoms with E-state index in [1.54, 1.807) is 0 Å². The first-order valence-electron chi connectivity index (χ1n) is 6.30. The van der Waals surface area contributed by atoms with Crippen molar-refractivity contribution in [1.82, 2.24) is 0 Å². The Morgan fingerprint density at radius 1 is 1.00 bits per heavy atom. The first kappa shape index (κ1) is 11.3. The average Bonchev–Trinajstić information content (AvgIpc) is 2.40. The fourth-order valence-electron chi connectivity index (χ4n) is 2.47. The molecule has 2 atom stereocenters. The number of benzene rings is 2. The number of aliphatic hydroxyl groups is 1. The molecule has 0 spiro atoms. The summed E-state index contributed by atoms with van der Waals surface area (Å²) in [4.78, 5) is 0. The van der Waals surface area contributed by atoms with E-state index in [-0.39, 0.29) is 6.10 Å². The Hall–Kier alpha value is -1.80. The van der Waals surface area contributed by atoms with Crippen molar-refractivity contribution >= 4 is 0 Å². The largest absolute Gasteiger partial charge is 0.490 e. The van der Waals surface area contributed by atoms with Crippen molar-refractivity contribution < 1.29 is 9.84 Å². The minimum absolute atomic E-state index is 0.0531. The van der Waals surface area contributed by atoms with Crippen LogP contribution in [0.1, 0.15) is 23.7 Å². The molecular formula is C16H16O2. The van der Waals surface area contributed by atoms with Crippen LogP contribution >= 0.6 is 0 Å². The van der Waals surface area contributed by atoms with Gasteiger partial charge in [0.25, 0.3) is 0 Å². The summed E-state index contributed by atoms with van der Waals surface area (Å²) >= 11 is 0. The predicted octanol–water partition coefficient (Wildman–Crippen LogP) is 3.11. The van der Waals surface area contributed by atoms with Crippen LogP contribution in [0.15, 0.2) is 54.6 Å². The molecule has 2 aromatic rings. The molecule has 0 aromatic heterocycles. The second kappa shape index (κ2) is 4.83. The summed E-state index contributed by atoms with van der Waals surface area (Å²) < 4.78 is 5.95. The summed E-state index contributed by atoms with van der Waals surface area (Å²) in [7, 11) is 0. The number of rotatable bonds is 2. The van der Waals surface area contributed by atoms with Gasteiger partial charge in [-0.2, -0.15) is 0 Å². The highest BCUT2D eigenvalue weighted by molar-refractivity contribution is 5.37. The number of hydrogen-bond acceptors (Lipinski definition) is 2. The lowest BCUT2D eigenvalue weighted by Crippen LogP contribution is -2.27. The minimum Gasteiger partial charge on any atom is -0.490 e. The maximum Gasteiger partial charge on any atom is 0.125 e. The van der Waals surface area contributed by atoms with Crippen LogP contribution in [0.3, 0.4) is 0 Å². The Bertz CT molecular complexity index is 522. The van der Waals surface area contributed by atoms with Gasteiger partial charge in [0.2, 0.25) is 0 Å². The number of ether oxygens (including phenoxy) is 1. The van der Waals surface area contributed by atoms with Crippen molar-refractivity contribution in [2.24, 2.45) is 0 Å². The monoisotopic (exact) mass is 240 g/mol. The summed E-state index contributed by atoms with van der Waals surface area (Å²) in [5.74, 6) is 0.817. The molecule has 1 heterocycles. The predicted molar refractivity (Wildman–Crippen MR) is 70.6 cm³/mol. The number of fused-ring (bicyclic) bond motifs is 1. The molecule has 3 rings (SSSR count). The lowest BCUT2D eigenvalue weighted by Gasteiger charge is -2.29. The minimum atomic E-state index is -0.413. The third-order valence-corrected chi connectivity index (χ3v) is 3.36. The van der Waals surface area contributed by atoms with Gasteiger partial charge in [0.15, 0.2) is 0 Å². The Morgan fingerprint density at radius 3 is 2.56 bits per heavy atom. The van der Waals surface area contributed by atoms with Crippen LogP contribution < -0.4 is 4.74 Å². The lowest BCUT2D eigenvalue weighted by molar-refractivity contribution is 0.0663. The Morgan fingerprint density at radius 2 is 1.72 bits per heavy atom. The van der Waals surface area contributed by atoms with E-state index in [0.29, 0.717) is 6.42 Å². The Labute approximate surface area is 107 Å². The smallest absolute Gasteiger partial charge is 0.125 e. The van der Waals surface area contributed by atoms with E-state index in [1.165, 1.54) is 5.56 Å². The summed E-state index contributed by atoms with van der Waals surface area (Å²) in [6.45, 7) is 0. The summed E-state index contributed by atoms with van der Waals surface area (Å²) in [5, 5.41) is 10.1. The molecule has 0 fully saturated rings. The maximum atomic E-state index is 10.1. The molecule has 18 heavy (non-hydrogen) atoms. The van der Waals surface area contributed by atoms with Crippen LogP contribution in [0.25, 0.3) is 0 Å². The van der Waals surface area contributed by atoms with Crippen molar-refractivity contribution in [2.75, 3.05) is 0 Å². The van der Waals surface area contributed by atoms with Gasteiger partial charge in [0.05, 0.1) is 6.10 Å². The molecule has 0 amide bonds. The molecule has 2 heteroatoms. The van der Waals surface area contributed by atoms with Gasteiger partial charge in [-0.05, 0) is 11.6 Å². The van der Waals surface area contributed by atoms with E-state index in [4.69, 9.17) is 4.74 Å². The zero-order valence-electron chi connectivity index (χ0n) is 10.1. The van der Waals surface area contributed by atoms with Gasteiger partial charge in [0.1, 0.15) is 11.9 Å². The normalized spacial score (nSPS) is 22.1. The van der Waals surface area contributed by atoms with Gasteiger partial charge in [-0.3, -0.25) is 0 Å². The third-order valence-electron chi connectivity index (χ3n) is 3.36. The van der Waals surface area contributed by atoms with Gasteiger partial charge >= 0.3 is 0 Å². The maximum absolute atomic E-state index is 10.1. The van der Waals surface area contributed by atoms with Crippen molar-refractivity contribution in [2.45, 2.75) is 25.0 Å². The van der Waals surface area contributed by atoms with Gasteiger partial charge in [-0.15, -0.1) is 0 Å². The lowest BCUT2D eigenvalue weighted by atomic mass is 9.95. The van der Waals surface area contributed by atoms with Crippen molar-refractivity contribution in [3.8, 4) is 5.75 Å². The van der Waals surface area contributed by atoms with Crippen LogP contribution in [0.5, 0.6) is 5.75 Å². The van der Waals surface area contributed by atoms with Crippen LogP contribution in [-0.2, 0) is 6.42 Å². The number of para-hydroxylation sites is 1. The van der Waals surface area contributed by atoms with E-state index in [2.05, 4.69) is 12.1 Å². The molecule has 1 unspecified atom stereocenters. The average molecular weight is 240 g/mol. The second-order valence-electron chi connectivity index (χ2n) is 4.72. The highest BCUT2D eigenvalue weighted by Crippen LogP contribution is 2.35. The first-order chi connectivity index (χ1) is 8.83. The standard InChI is InChI=1S/C16H16O2/c17-15-11-13(10-12-6-2-1-3-7-12)18-16-9-5-4-8-14(15)16/h1-9,13,15,17H,10-11H2/t13-,15?/m1/s1. The van der Waals surface area contributed by atoms with Crippen molar-refractivity contribution in [1.29, 1.82) is 0 Å². The van der Waals surface area contributed by atoms with E-state index >= 15 is 0 Å². The first-order valence-corrected chi connectivity index (χ1v) is 6.30. The Balaban J connectivity index is 1.78. The SMILES string of the molecule is OC1C[C@@H](Cc2ccccc2)Oc2ccccc21. The molecule has 92 valence electrons. The highest BCUT2D eigenvalue weighted by atomic mass is 16.5. The summed E-state index contributed by atoms with van der Waals surface area (Å²) in [6.07, 6.45) is 1.14. The molecule has 0 radical (unpaired) electrons. The molecule has 0 bridgehead atoms. The molecule has 2 aromatic carbocycles. The molecule has 0 saturated heterocycles. The molecule has 1 N–H and O–H groups in total. The fraction of sp³-hybridized carbons (Fsp3) is 0.250. The van der Waals surface area contributed by atoms with Crippen LogP contribution in [0, 0.1) is 0 Å². The van der Waals surface area contributed by atoms with Gasteiger partial charge in [-0.1, -0.05) is 48.5 Å². The highest BCUT2D eigenvalue weighted by Gasteiger charge is 2.26. The van der Waals surface area contributed by atoms with Crippen molar-refractivity contribution in [3.63, 3.8) is 0 Å². The van der Waals surface area contributed by atoms with Gasteiger partial charge in [0, 0.05) is 18.4 Å². The molecule has 0 aliphatic carbocycles. The van der Waals surface area contributed by atoms with E-state index < -0.39 is 6.10 Å². The third kappa shape index (κ3) is 2.24. The van der Waals surface area contributed by atoms with Gasteiger partial charge in [-0.25, -0.2) is 0 Å². The number of aliphatic hydroxyl groups excluding tert-OH is 1. The van der Waals surface area contributed by atoms with Crippen LogP contribution in [0.4, 0.5) is 0 Å². The molecule has 1 aliphatic rings. The Kier molecular flexibility index (Phi) is 3.03. The van der Waals surface area contributed by atoms with E-state index in [1.807, 2.05) is 42.5 Å². The van der Waals surface area contributed by atoms with E-state index in [0.717, 1.165) is 17.7 Å². The van der Waals surface area contributed by atoms with Gasteiger partial charge < -0.3 is 9.84 Å². The number of hydrogen-bond donors (Lipinski definition) is 1. The zero-order valence-corrected chi connectivity index (χ0v) is 10.1. The molecule has 2 nitrogen and oxygen atoms in total. The topological polar surface area (TPSA) is 29.5 Å². The van der Waals surface area contributed by atoms with Crippen LogP contribution in [-0.4, -0.2) is 11.2 Å². The van der Waals surface area contributed by atoms with E-state index in [9.17, 15) is 5.11 Å². The summed E-state index contributed by atoms with van der Waals surface area (Å²) in [6, 6.07) is 18.0. The summed E-state index contributed by atoms with van der Waals surface area (Å²) in [5.41, 5.74) is 2.15.